The zero-order chi connectivity index (χ0) is 21.3. The molecule has 0 radical (unpaired) electrons. The Labute approximate surface area is 179 Å². The fraction of sp³-hybridized carbons (Fsp3) is 0.240. The van der Waals surface area contributed by atoms with Crippen LogP contribution in [0.4, 0.5) is 10.5 Å². The third-order valence-electron chi connectivity index (χ3n) is 6.80. The van der Waals surface area contributed by atoms with E-state index in [1.165, 1.54) is 4.90 Å². The van der Waals surface area contributed by atoms with E-state index in [2.05, 4.69) is 0 Å². The van der Waals surface area contributed by atoms with E-state index in [1.54, 1.807) is 9.80 Å². The van der Waals surface area contributed by atoms with Gasteiger partial charge in [0.1, 0.15) is 6.04 Å². The van der Waals surface area contributed by atoms with Crippen molar-refractivity contribution in [2.24, 2.45) is 0 Å². The molecule has 0 spiro atoms. The van der Waals surface area contributed by atoms with Gasteiger partial charge in [0, 0.05) is 17.5 Å². The summed E-state index contributed by atoms with van der Waals surface area (Å²) in [5.41, 5.74) is 2.26. The van der Waals surface area contributed by atoms with Crippen LogP contribution in [0.5, 0.6) is 0 Å². The molecule has 3 aliphatic rings. The fourth-order valence-corrected chi connectivity index (χ4v) is 5.46. The molecule has 3 aromatic rings. The van der Waals surface area contributed by atoms with Crippen molar-refractivity contribution in [1.29, 1.82) is 0 Å². The zero-order valence-electron chi connectivity index (χ0n) is 17.1. The molecule has 3 atom stereocenters. The molecule has 3 fully saturated rings. The maximum Gasteiger partial charge on any atom is 0.332 e. The number of hydrogen-bond donors (Lipinski definition) is 0. The third kappa shape index (κ3) is 2.48. The number of imide groups is 1. The summed E-state index contributed by atoms with van der Waals surface area (Å²) < 4.78 is 0. The highest BCUT2D eigenvalue weighted by atomic mass is 16.2. The topological polar surface area (TPSA) is 60.9 Å². The lowest BCUT2D eigenvalue weighted by molar-refractivity contribution is -0.121. The van der Waals surface area contributed by atoms with E-state index in [1.807, 2.05) is 73.7 Å². The van der Waals surface area contributed by atoms with E-state index in [-0.39, 0.29) is 29.9 Å². The molecule has 2 bridgehead atoms. The molecule has 2 unspecified atom stereocenters. The Hall–Kier alpha value is -3.67. The molecule has 3 aromatic carbocycles. The average Bonchev–Trinajstić information content (AvgIpc) is 3.44. The van der Waals surface area contributed by atoms with Gasteiger partial charge >= 0.3 is 6.03 Å². The van der Waals surface area contributed by atoms with Crippen LogP contribution in [0.3, 0.4) is 0 Å². The molecule has 3 saturated heterocycles. The number of benzene rings is 3. The van der Waals surface area contributed by atoms with Gasteiger partial charge in [-0.2, -0.15) is 0 Å². The van der Waals surface area contributed by atoms with Crippen molar-refractivity contribution in [2.45, 2.75) is 31.5 Å². The summed E-state index contributed by atoms with van der Waals surface area (Å²) in [6.07, 6.45) is 0.656. The number of aryl methyl sites for hydroxylation is 1. The molecule has 0 aromatic heterocycles. The van der Waals surface area contributed by atoms with Crippen LogP contribution in [-0.2, 0) is 4.79 Å². The van der Waals surface area contributed by atoms with Crippen LogP contribution in [0, 0.1) is 6.92 Å². The predicted molar refractivity (Wildman–Crippen MR) is 117 cm³/mol. The van der Waals surface area contributed by atoms with Gasteiger partial charge in [-0.25, -0.2) is 9.69 Å². The molecule has 0 saturated carbocycles. The number of piperazine rings is 1. The van der Waals surface area contributed by atoms with Gasteiger partial charge < -0.3 is 9.80 Å². The van der Waals surface area contributed by atoms with Crippen molar-refractivity contribution in [1.82, 2.24) is 9.80 Å². The number of fused-ring (bicyclic) bond motifs is 6. The Morgan fingerprint density at radius 2 is 1.74 bits per heavy atom. The van der Waals surface area contributed by atoms with Gasteiger partial charge in [-0.05, 0) is 36.9 Å². The summed E-state index contributed by atoms with van der Waals surface area (Å²) in [5.74, 6) is -0.310. The zero-order valence-corrected chi connectivity index (χ0v) is 17.1. The minimum Gasteiger partial charge on any atom is -0.331 e. The van der Waals surface area contributed by atoms with Gasteiger partial charge in [-0.1, -0.05) is 54.1 Å². The number of anilines is 1. The highest BCUT2D eigenvalue weighted by Crippen LogP contribution is 2.43. The Morgan fingerprint density at radius 1 is 0.968 bits per heavy atom. The molecule has 31 heavy (non-hydrogen) atoms. The summed E-state index contributed by atoms with van der Waals surface area (Å²) in [7, 11) is 0. The SMILES string of the molecule is Cc1cccc(C(=O)N2C[C@H]3CC2C2C(=O)N(c4cccc5ccccc45)C(=O)N23)c1. The highest BCUT2D eigenvalue weighted by Gasteiger charge is 2.63. The maximum atomic E-state index is 13.5. The Kier molecular flexibility index (Phi) is 3.75. The number of amides is 4. The van der Waals surface area contributed by atoms with Gasteiger partial charge in [0.05, 0.1) is 17.8 Å². The first-order valence-corrected chi connectivity index (χ1v) is 10.6. The normalized spacial score (nSPS) is 24.4. The standard InChI is InChI=1S/C25H21N3O3/c1-15-6-4-9-17(12-15)23(29)26-14-18-13-21(26)22-24(30)28(25(31)27(18)22)20-11-5-8-16-7-2-3-10-19(16)20/h2-12,18,21-22H,13-14H2,1H3/t18-,21?,22?/m1/s1. The first-order valence-electron chi connectivity index (χ1n) is 10.6. The van der Waals surface area contributed by atoms with Gasteiger partial charge in [-0.15, -0.1) is 0 Å². The van der Waals surface area contributed by atoms with Crippen LogP contribution < -0.4 is 4.90 Å². The summed E-state index contributed by atoms with van der Waals surface area (Å²) >= 11 is 0. The van der Waals surface area contributed by atoms with Gasteiger partial charge in [0.25, 0.3) is 11.8 Å². The third-order valence-corrected chi connectivity index (χ3v) is 6.80. The van der Waals surface area contributed by atoms with Crippen LogP contribution >= 0.6 is 0 Å². The summed E-state index contributed by atoms with van der Waals surface area (Å²) in [5, 5.41) is 1.85. The first-order chi connectivity index (χ1) is 15.0. The molecule has 6 nitrogen and oxygen atoms in total. The molecule has 3 aliphatic heterocycles. The van der Waals surface area contributed by atoms with Crippen LogP contribution in [0.15, 0.2) is 66.7 Å². The van der Waals surface area contributed by atoms with E-state index in [9.17, 15) is 14.4 Å². The molecule has 0 N–H and O–H groups in total. The molecule has 6 rings (SSSR count). The fourth-order valence-electron chi connectivity index (χ4n) is 5.46. The van der Waals surface area contributed by atoms with Crippen molar-refractivity contribution >= 4 is 34.3 Å². The maximum absolute atomic E-state index is 13.5. The first kappa shape index (κ1) is 18.1. The van der Waals surface area contributed by atoms with Crippen molar-refractivity contribution in [3.05, 3.63) is 77.9 Å². The van der Waals surface area contributed by atoms with E-state index in [4.69, 9.17) is 0 Å². The molecular formula is C25H21N3O3. The van der Waals surface area contributed by atoms with Crippen LogP contribution in [-0.4, -0.2) is 52.3 Å². The van der Waals surface area contributed by atoms with E-state index >= 15 is 0 Å². The summed E-state index contributed by atoms with van der Waals surface area (Å²) in [6, 6.07) is 19.6. The molecule has 154 valence electrons. The minimum absolute atomic E-state index is 0.0697. The quantitative estimate of drug-likeness (QED) is 0.606. The minimum atomic E-state index is -0.612. The Morgan fingerprint density at radius 3 is 2.58 bits per heavy atom. The van der Waals surface area contributed by atoms with Crippen molar-refractivity contribution in [2.75, 3.05) is 11.4 Å². The lowest BCUT2D eigenvalue weighted by Gasteiger charge is -2.35. The van der Waals surface area contributed by atoms with Crippen molar-refractivity contribution in [3.8, 4) is 0 Å². The predicted octanol–water partition coefficient (Wildman–Crippen LogP) is 3.58. The molecule has 0 aliphatic carbocycles. The summed E-state index contributed by atoms with van der Waals surface area (Å²) in [6.45, 7) is 2.42. The van der Waals surface area contributed by atoms with E-state index in [0.29, 0.717) is 24.2 Å². The molecule has 4 amide bonds. The number of carbonyl (C=O) groups excluding carboxylic acids is 3. The van der Waals surface area contributed by atoms with E-state index in [0.717, 1.165) is 16.3 Å². The van der Waals surface area contributed by atoms with Crippen LogP contribution in [0.2, 0.25) is 0 Å². The second-order valence-corrected chi connectivity index (χ2v) is 8.59. The molecule has 6 heteroatoms. The highest BCUT2D eigenvalue weighted by molar-refractivity contribution is 6.25. The lowest BCUT2D eigenvalue weighted by Crippen LogP contribution is -2.54. The molecule has 3 heterocycles. The van der Waals surface area contributed by atoms with Crippen LogP contribution in [0.25, 0.3) is 10.8 Å². The second-order valence-electron chi connectivity index (χ2n) is 8.59. The van der Waals surface area contributed by atoms with Gasteiger partial charge in [0.15, 0.2) is 0 Å². The van der Waals surface area contributed by atoms with Crippen molar-refractivity contribution < 1.29 is 14.4 Å². The summed E-state index contributed by atoms with van der Waals surface area (Å²) in [4.78, 5) is 44.9. The number of likely N-dealkylation sites (tertiary alicyclic amines) is 1. The number of hydrogen-bond acceptors (Lipinski definition) is 3. The van der Waals surface area contributed by atoms with Gasteiger partial charge in [-0.3, -0.25) is 9.59 Å². The van der Waals surface area contributed by atoms with Gasteiger partial charge in [0.2, 0.25) is 0 Å². The largest absolute Gasteiger partial charge is 0.332 e. The number of nitrogens with zero attached hydrogens (tertiary/aromatic N) is 3. The lowest BCUT2D eigenvalue weighted by atomic mass is 10.1. The monoisotopic (exact) mass is 411 g/mol. The smallest absolute Gasteiger partial charge is 0.331 e. The number of rotatable bonds is 2. The Balaban J connectivity index is 1.36. The Bertz CT molecular complexity index is 1260. The molecular weight excluding hydrogens is 390 g/mol. The van der Waals surface area contributed by atoms with E-state index < -0.39 is 6.04 Å². The average molecular weight is 411 g/mol. The van der Waals surface area contributed by atoms with Crippen molar-refractivity contribution in [3.63, 3.8) is 0 Å². The van der Waals surface area contributed by atoms with Crippen LogP contribution in [0.1, 0.15) is 22.3 Å². The number of urea groups is 1. The second kappa shape index (κ2) is 6.41. The number of carbonyl (C=O) groups is 3.